The number of hydrogen-bond donors (Lipinski definition) is 1. The van der Waals surface area contributed by atoms with Crippen molar-refractivity contribution in [1.29, 1.82) is 0 Å². The van der Waals surface area contributed by atoms with E-state index in [1.54, 1.807) is 12.1 Å². The Morgan fingerprint density at radius 1 is 1.13 bits per heavy atom. The van der Waals surface area contributed by atoms with Crippen LogP contribution in [0.15, 0.2) is 47.4 Å². The summed E-state index contributed by atoms with van der Waals surface area (Å²) in [4.78, 5) is 34.4. The molecule has 0 aliphatic carbocycles. The van der Waals surface area contributed by atoms with Crippen LogP contribution < -0.4 is 5.32 Å². The molecule has 1 amide bonds. The maximum absolute atomic E-state index is 12.3. The van der Waals surface area contributed by atoms with E-state index in [0.29, 0.717) is 11.6 Å². The van der Waals surface area contributed by atoms with Crippen LogP contribution in [0.25, 0.3) is 0 Å². The third-order valence-electron chi connectivity index (χ3n) is 4.80. The highest BCUT2D eigenvalue weighted by atomic mass is 32.2. The molecule has 0 aromatic heterocycles. The lowest BCUT2D eigenvalue weighted by atomic mass is 9.99. The summed E-state index contributed by atoms with van der Waals surface area (Å²) in [6.45, 7) is 5.54. The first-order valence-electron chi connectivity index (χ1n) is 9.54. The summed E-state index contributed by atoms with van der Waals surface area (Å²) in [7, 11) is -3.86. The van der Waals surface area contributed by atoms with Gasteiger partial charge >= 0.3 is 5.97 Å². The van der Waals surface area contributed by atoms with Crippen LogP contribution in [0.1, 0.15) is 49.0 Å². The van der Waals surface area contributed by atoms with Gasteiger partial charge in [0.1, 0.15) is 4.90 Å². The Hall–Kier alpha value is -3.27. The van der Waals surface area contributed by atoms with Gasteiger partial charge in [0.25, 0.3) is 11.6 Å². The van der Waals surface area contributed by atoms with Crippen molar-refractivity contribution in [2.45, 2.75) is 44.1 Å². The number of benzene rings is 2. The van der Waals surface area contributed by atoms with Crippen LogP contribution in [0, 0.1) is 10.1 Å². The van der Waals surface area contributed by atoms with Crippen LogP contribution >= 0.6 is 0 Å². The van der Waals surface area contributed by atoms with E-state index in [-0.39, 0.29) is 5.56 Å². The second kappa shape index (κ2) is 9.69. The minimum Gasteiger partial charge on any atom is -0.449 e. The van der Waals surface area contributed by atoms with E-state index in [1.807, 2.05) is 12.1 Å². The average molecular weight is 448 g/mol. The summed E-state index contributed by atoms with van der Waals surface area (Å²) in [5, 5.41) is 13.8. The predicted molar refractivity (Wildman–Crippen MR) is 115 cm³/mol. The monoisotopic (exact) mass is 448 g/mol. The molecule has 2 aromatic rings. The third kappa shape index (κ3) is 6.11. The Bertz CT molecular complexity index is 1100. The van der Waals surface area contributed by atoms with Gasteiger partial charge in [-0.2, -0.15) is 0 Å². The van der Waals surface area contributed by atoms with Crippen molar-refractivity contribution in [3.05, 3.63) is 63.7 Å². The maximum Gasteiger partial charge on any atom is 0.339 e. The minimum atomic E-state index is -3.86. The summed E-state index contributed by atoms with van der Waals surface area (Å²) >= 11 is 0. The molecule has 2 rings (SSSR count). The summed E-state index contributed by atoms with van der Waals surface area (Å²) < 4.78 is 28.5. The quantitative estimate of drug-likeness (QED) is 0.370. The highest BCUT2D eigenvalue weighted by Crippen LogP contribution is 2.25. The molecule has 2 aromatic carbocycles. The fourth-order valence-electron chi connectivity index (χ4n) is 2.76. The number of sulfone groups is 1. The lowest BCUT2D eigenvalue weighted by molar-refractivity contribution is -0.387. The SMILES string of the molecule is CC[C@@H](C)c1ccc(NC(=O)[C@@H](C)OC(=O)c2ccc(S(C)(=O)=O)c([N+](=O)[O-])c2)cc1. The van der Waals surface area contributed by atoms with Crippen molar-refractivity contribution in [2.24, 2.45) is 0 Å². The largest absolute Gasteiger partial charge is 0.449 e. The lowest BCUT2D eigenvalue weighted by Gasteiger charge is -2.15. The van der Waals surface area contributed by atoms with Gasteiger partial charge in [-0.25, -0.2) is 13.2 Å². The zero-order chi connectivity index (χ0) is 23.3. The van der Waals surface area contributed by atoms with Gasteiger partial charge in [-0.15, -0.1) is 0 Å². The molecule has 0 fully saturated rings. The van der Waals surface area contributed by atoms with Gasteiger partial charge in [-0.3, -0.25) is 14.9 Å². The predicted octanol–water partition coefficient (Wildman–Crippen LogP) is 3.70. The molecule has 0 aliphatic heterocycles. The van der Waals surface area contributed by atoms with E-state index >= 15 is 0 Å². The molecule has 0 saturated carbocycles. The zero-order valence-electron chi connectivity index (χ0n) is 17.6. The van der Waals surface area contributed by atoms with Crippen molar-refractivity contribution in [3.8, 4) is 0 Å². The van der Waals surface area contributed by atoms with Crippen LogP contribution in [0.3, 0.4) is 0 Å². The van der Waals surface area contributed by atoms with Crippen molar-refractivity contribution < 1.29 is 27.7 Å². The number of ether oxygens (including phenoxy) is 1. The number of esters is 1. The number of nitro benzene ring substituents is 1. The van der Waals surface area contributed by atoms with Crippen molar-refractivity contribution in [3.63, 3.8) is 0 Å². The zero-order valence-corrected chi connectivity index (χ0v) is 18.4. The first-order valence-corrected chi connectivity index (χ1v) is 11.4. The molecule has 0 spiro atoms. The molecule has 2 atom stereocenters. The Labute approximate surface area is 180 Å². The Kier molecular flexibility index (Phi) is 7.50. The number of carbonyl (C=O) groups is 2. The molecular formula is C21H24N2O7S. The normalized spacial score (nSPS) is 13.2. The number of carbonyl (C=O) groups excluding carboxylic acids is 2. The first-order chi connectivity index (χ1) is 14.4. The van der Waals surface area contributed by atoms with E-state index in [9.17, 15) is 28.1 Å². The summed E-state index contributed by atoms with van der Waals surface area (Å²) in [5.74, 6) is -1.17. The molecule has 9 nitrogen and oxygen atoms in total. The molecular weight excluding hydrogens is 424 g/mol. The molecule has 0 unspecified atom stereocenters. The number of nitro groups is 1. The van der Waals surface area contributed by atoms with Crippen molar-refractivity contribution >= 4 is 33.1 Å². The van der Waals surface area contributed by atoms with Crippen LogP contribution in [-0.4, -0.2) is 37.6 Å². The smallest absolute Gasteiger partial charge is 0.339 e. The number of anilines is 1. The standard InChI is InChI=1S/C21H24N2O7S/c1-5-13(2)15-6-9-17(10-7-15)22-20(24)14(3)30-21(25)16-8-11-19(31(4,28)29)18(12-16)23(26)27/h6-14H,5H2,1-4H3,(H,22,24)/t13-,14-/m1/s1. The fraction of sp³-hybridized carbons (Fsp3) is 0.333. The van der Waals surface area contributed by atoms with Gasteiger partial charge in [0.2, 0.25) is 0 Å². The average Bonchev–Trinajstić information content (AvgIpc) is 2.72. The first kappa shape index (κ1) is 24.0. The van der Waals surface area contributed by atoms with Gasteiger partial charge in [-0.05, 0) is 49.1 Å². The molecule has 0 radical (unpaired) electrons. The summed E-state index contributed by atoms with van der Waals surface area (Å²) in [6.07, 6.45) is 0.632. The van der Waals surface area contributed by atoms with E-state index < -0.39 is 43.3 Å². The Morgan fingerprint density at radius 2 is 1.74 bits per heavy atom. The molecule has 10 heteroatoms. The van der Waals surface area contributed by atoms with Gasteiger partial charge in [0.05, 0.1) is 10.5 Å². The Morgan fingerprint density at radius 3 is 2.26 bits per heavy atom. The van der Waals surface area contributed by atoms with Crippen LogP contribution in [-0.2, 0) is 19.4 Å². The highest BCUT2D eigenvalue weighted by Gasteiger charge is 2.26. The fourth-order valence-corrected chi connectivity index (χ4v) is 3.59. The topological polar surface area (TPSA) is 133 Å². The van der Waals surface area contributed by atoms with Crippen molar-refractivity contribution in [1.82, 2.24) is 0 Å². The summed E-state index contributed by atoms with van der Waals surface area (Å²) in [6, 6.07) is 10.2. The minimum absolute atomic E-state index is 0.239. The van der Waals surface area contributed by atoms with E-state index in [4.69, 9.17) is 4.74 Å². The third-order valence-corrected chi connectivity index (χ3v) is 5.95. The van der Waals surface area contributed by atoms with Crippen LogP contribution in [0.5, 0.6) is 0 Å². The van der Waals surface area contributed by atoms with E-state index in [2.05, 4.69) is 19.2 Å². The van der Waals surface area contributed by atoms with Crippen LogP contribution in [0.4, 0.5) is 11.4 Å². The maximum atomic E-state index is 12.3. The molecule has 31 heavy (non-hydrogen) atoms. The highest BCUT2D eigenvalue weighted by molar-refractivity contribution is 7.90. The number of nitrogens with zero attached hydrogens (tertiary/aromatic N) is 1. The van der Waals surface area contributed by atoms with Gasteiger partial charge in [0, 0.05) is 18.0 Å². The van der Waals surface area contributed by atoms with Gasteiger partial charge in [-0.1, -0.05) is 26.0 Å². The second-order valence-electron chi connectivity index (χ2n) is 7.18. The molecule has 0 saturated heterocycles. The van der Waals surface area contributed by atoms with E-state index in [1.165, 1.54) is 6.92 Å². The number of hydrogen-bond acceptors (Lipinski definition) is 7. The lowest BCUT2D eigenvalue weighted by Crippen LogP contribution is -2.30. The molecule has 1 N–H and O–H groups in total. The summed E-state index contributed by atoms with van der Waals surface area (Å²) in [5.41, 5.74) is 0.694. The van der Waals surface area contributed by atoms with E-state index in [0.717, 1.165) is 36.4 Å². The Balaban J connectivity index is 2.10. The van der Waals surface area contributed by atoms with Crippen molar-refractivity contribution in [2.75, 3.05) is 11.6 Å². The molecule has 0 heterocycles. The number of amides is 1. The molecule has 0 aliphatic rings. The van der Waals surface area contributed by atoms with Gasteiger partial charge < -0.3 is 10.1 Å². The number of rotatable bonds is 8. The molecule has 166 valence electrons. The second-order valence-corrected chi connectivity index (χ2v) is 9.16. The van der Waals surface area contributed by atoms with Gasteiger partial charge in [0.15, 0.2) is 15.9 Å². The molecule has 0 bridgehead atoms. The number of nitrogens with one attached hydrogen (secondary N) is 1. The van der Waals surface area contributed by atoms with Crippen LogP contribution in [0.2, 0.25) is 0 Å².